The molecule has 0 aliphatic rings. The van der Waals surface area contributed by atoms with Gasteiger partial charge in [0, 0.05) is 16.0 Å². The van der Waals surface area contributed by atoms with E-state index >= 15 is 0 Å². The van der Waals surface area contributed by atoms with E-state index in [0.717, 1.165) is 10.6 Å². The normalized spacial score (nSPS) is 12.1. The summed E-state index contributed by atoms with van der Waals surface area (Å²) in [5, 5.41) is 14.2. The second-order valence-electron chi connectivity index (χ2n) is 3.75. The van der Waals surface area contributed by atoms with Crippen molar-refractivity contribution in [1.29, 1.82) is 0 Å². The van der Waals surface area contributed by atoms with Crippen molar-refractivity contribution in [2.45, 2.75) is 10.9 Å². The third-order valence-electron chi connectivity index (χ3n) is 2.43. The van der Waals surface area contributed by atoms with Crippen molar-refractivity contribution in [3.05, 3.63) is 35.3 Å². The Labute approximate surface area is 118 Å². The first kappa shape index (κ1) is 13.9. The summed E-state index contributed by atoms with van der Waals surface area (Å²) >= 11 is 2.98. The van der Waals surface area contributed by atoms with Gasteiger partial charge in [0.2, 0.25) is 0 Å². The molecule has 1 atom stereocenters. The number of aromatic nitrogens is 1. The van der Waals surface area contributed by atoms with Crippen LogP contribution < -0.4 is 11.1 Å². The van der Waals surface area contributed by atoms with Gasteiger partial charge in [-0.3, -0.25) is 4.79 Å². The number of thioether (sulfide) groups is 1. The minimum Gasteiger partial charge on any atom is -0.480 e. The van der Waals surface area contributed by atoms with Gasteiger partial charge in [0.15, 0.2) is 5.13 Å². The lowest BCUT2D eigenvalue weighted by molar-refractivity contribution is -0.138. The van der Waals surface area contributed by atoms with E-state index in [4.69, 9.17) is 10.8 Å². The second kappa shape index (κ2) is 6.05. The van der Waals surface area contributed by atoms with Gasteiger partial charge in [-0.15, -0.1) is 23.1 Å². The maximum Gasteiger partial charge on any atom is 0.326 e. The second-order valence-corrected chi connectivity index (χ2v) is 5.49. The van der Waals surface area contributed by atoms with Crippen LogP contribution in [-0.2, 0) is 4.79 Å². The number of nitrogens with two attached hydrogens (primary N) is 1. The molecular weight excluding hydrogens is 282 g/mol. The largest absolute Gasteiger partial charge is 0.480 e. The molecule has 0 bridgehead atoms. The third kappa shape index (κ3) is 3.46. The van der Waals surface area contributed by atoms with Gasteiger partial charge in [-0.1, -0.05) is 6.07 Å². The van der Waals surface area contributed by atoms with Gasteiger partial charge in [0.05, 0.1) is 5.69 Å². The summed E-state index contributed by atoms with van der Waals surface area (Å²) in [6, 6.07) is 6.82. The van der Waals surface area contributed by atoms with Crippen molar-refractivity contribution in [3.63, 3.8) is 0 Å². The molecule has 1 aromatic carbocycles. The Morgan fingerprint density at radius 3 is 3.05 bits per heavy atom. The molecule has 0 aliphatic heterocycles. The van der Waals surface area contributed by atoms with Crippen LogP contribution in [-0.4, -0.2) is 22.3 Å². The Hall–Kier alpha value is -1.57. The maximum absolute atomic E-state index is 10.8. The molecule has 0 saturated carbocycles. The van der Waals surface area contributed by atoms with E-state index in [1.165, 1.54) is 11.3 Å². The van der Waals surface area contributed by atoms with Crippen LogP contribution >= 0.6 is 23.1 Å². The topological polar surface area (TPSA) is 88.2 Å². The molecule has 0 radical (unpaired) electrons. The zero-order chi connectivity index (χ0) is 13.8. The number of anilines is 2. The molecule has 0 fully saturated rings. The van der Waals surface area contributed by atoms with Gasteiger partial charge < -0.3 is 16.2 Å². The number of thiazole rings is 1. The zero-order valence-electron chi connectivity index (χ0n) is 10.2. The lowest BCUT2D eigenvalue weighted by Gasteiger charge is -2.04. The quantitative estimate of drug-likeness (QED) is 0.735. The minimum absolute atomic E-state index is 0.362. The lowest BCUT2D eigenvalue weighted by atomic mass is 10.2. The number of hydrogen-bond acceptors (Lipinski definition) is 6. The SMILES string of the molecule is CSc1cccc(Nc2nc(C(N)C(=O)O)cs2)c1. The van der Waals surface area contributed by atoms with Crippen LogP contribution in [0.15, 0.2) is 34.5 Å². The molecule has 1 heterocycles. The average Bonchev–Trinajstić information content (AvgIpc) is 2.86. The van der Waals surface area contributed by atoms with E-state index in [9.17, 15) is 4.79 Å². The predicted molar refractivity (Wildman–Crippen MR) is 78.2 cm³/mol. The van der Waals surface area contributed by atoms with E-state index in [1.54, 1.807) is 17.1 Å². The molecule has 1 aromatic heterocycles. The van der Waals surface area contributed by atoms with E-state index in [0.29, 0.717) is 10.8 Å². The van der Waals surface area contributed by atoms with E-state index in [2.05, 4.69) is 10.3 Å². The van der Waals surface area contributed by atoms with Crippen LogP contribution in [0.3, 0.4) is 0 Å². The number of nitrogens with one attached hydrogen (secondary N) is 1. The van der Waals surface area contributed by atoms with Crippen LogP contribution in [0.5, 0.6) is 0 Å². The van der Waals surface area contributed by atoms with Gasteiger partial charge in [0.25, 0.3) is 0 Å². The number of carboxylic acid groups (broad SMARTS) is 1. The number of benzene rings is 1. The lowest BCUT2D eigenvalue weighted by Crippen LogP contribution is -2.20. The van der Waals surface area contributed by atoms with Crippen LogP contribution in [0.2, 0.25) is 0 Å². The summed E-state index contributed by atoms with van der Waals surface area (Å²) in [5.41, 5.74) is 6.78. The highest BCUT2D eigenvalue weighted by Crippen LogP contribution is 2.25. The molecular formula is C12H13N3O2S2. The van der Waals surface area contributed by atoms with Crippen LogP contribution in [0.4, 0.5) is 10.8 Å². The summed E-state index contributed by atoms with van der Waals surface area (Å²) in [5.74, 6) is -1.08. The minimum atomic E-state index is -1.08. The van der Waals surface area contributed by atoms with Gasteiger partial charge in [0.1, 0.15) is 6.04 Å². The molecule has 0 aliphatic carbocycles. The van der Waals surface area contributed by atoms with Gasteiger partial charge in [-0.2, -0.15) is 0 Å². The predicted octanol–water partition coefficient (Wildman–Crippen LogP) is 2.69. The number of carbonyl (C=O) groups is 1. The summed E-state index contributed by atoms with van der Waals surface area (Å²) in [7, 11) is 0. The van der Waals surface area contributed by atoms with Gasteiger partial charge in [-0.25, -0.2) is 4.98 Å². The molecule has 4 N–H and O–H groups in total. The highest BCUT2D eigenvalue weighted by molar-refractivity contribution is 7.98. The molecule has 100 valence electrons. The van der Waals surface area contributed by atoms with Crippen molar-refractivity contribution in [1.82, 2.24) is 4.98 Å². The highest BCUT2D eigenvalue weighted by Gasteiger charge is 2.17. The Morgan fingerprint density at radius 1 is 1.58 bits per heavy atom. The molecule has 2 rings (SSSR count). The summed E-state index contributed by atoms with van der Waals surface area (Å²) < 4.78 is 0. The third-order valence-corrected chi connectivity index (χ3v) is 3.93. The number of aliphatic carboxylic acids is 1. The smallest absolute Gasteiger partial charge is 0.326 e. The van der Waals surface area contributed by atoms with Gasteiger partial charge >= 0.3 is 5.97 Å². The summed E-state index contributed by atoms with van der Waals surface area (Å²) in [4.78, 5) is 16.1. The van der Waals surface area contributed by atoms with Crippen molar-refractivity contribution in [2.24, 2.45) is 5.73 Å². The van der Waals surface area contributed by atoms with Crippen LogP contribution in [0, 0.1) is 0 Å². The fraction of sp³-hybridized carbons (Fsp3) is 0.167. The highest BCUT2D eigenvalue weighted by atomic mass is 32.2. The van der Waals surface area contributed by atoms with Gasteiger partial charge in [-0.05, 0) is 24.5 Å². The fourth-order valence-electron chi connectivity index (χ4n) is 1.44. The Balaban J connectivity index is 2.13. The average molecular weight is 295 g/mol. The van der Waals surface area contributed by atoms with E-state index in [-0.39, 0.29) is 0 Å². The standard InChI is InChI=1S/C12H13N3O2S2/c1-18-8-4-2-3-7(5-8)14-12-15-9(6-19-12)10(13)11(16)17/h2-6,10H,13H2,1H3,(H,14,15)(H,16,17). The van der Waals surface area contributed by atoms with Crippen molar-refractivity contribution in [3.8, 4) is 0 Å². The molecule has 2 aromatic rings. The first-order chi connectivity index (χ1) is 9.10. The van der Waals surface area contributed by atoms with Crippen molar-refractivity contribution >= 4 is 39.9 Å². The Morgan fingerprint density at radius 2 is 2.37 bits per heavy atom. The fourth-order valence-corrected chi connectivity index (χ4v) is 2.66. The van der Waals surface area contributed by atoms with E-state index in [1.807, 2.05) is 30.5 Å². The van der Waals surface area contributed by atoms with Crippen molar-refractivity contribution in [2.75, 3.05) is 11.6 Å². The van der Waals surface area contributed by atoms with Crippen LogP contribution in [0.25, 0.3) is 0 Å². The first-order valence-corrected chi connectivity index (χ1v) is 7.55. The molecule has 0 amide bonds. The molecule has 0 saturated heterocycles. The molecule has 19 heavy (non-hydrogen) atoms. The monoisotopic (exact) mass is 295 g/mol. The zero-order valence-corrected chi connectivity index (χ0v) is 11.8. The maximum atomic E-state index is 10.8. The molecule has 7 heteroatoms. The summed E-state index contributed by atoms with van der Waals surface area (Å²) in [6.45, 7) is 0. The number of hydrogen-bond donors (Lipinski definition) is 3. The molecule has 0 spiro atoms. The molecule has 5 nitrogen and oxygen atoms in total. The summed E-state index contributed by atoms with van der Waals surface area (Å²) in [6.07, 6.45) is 2.01. The Bertz CT molecular complexity index is 586. The molecule has 1 unspecified atom stereocenters. The van der Waals surface area contributed by atoms with E-state index < -0.39 is 12.0 Å². The van der Waals surface area contributed by atoms with Crippen LogP contribution in [0.1, 0.15) is 11.7 Å². The van der Waals surface area contributed by atoms with Crippen molar-refractivity contribution < 1.29 is 9.90 Å². The Kier molecular flexibility index (Phi) is 4.41. The number of rotatable bonds is 5. The number of carboxylic acids is 1. The number of nitrogens with zero attached hydrogens (tertiary/aromatic N) is 1. The first-order valence-electron chi connectivity index (χ1n) is 5.45.